The summed E-state index contributed by atoms with van der Waals surface area (Å²) in [6.07, 6.45) is 0. The fourth-order valence-electron chi connectivity index (χ4n) is 3.39. The van der Waals surface area contributed by atoms with Gasteiger partial charge in [0.05, 0.1) is 23.3 Å². The van der Waals surface area contributed by atoms with Crippen LogP contribution in [0.5, 0.6) is 11.5 Å². The molecule has 0 heterocycles. The monoisotopic (exact) mass is 418 g/mol. The summed E-state index contributed by atoms with van der Waals surface area (Å²) in [4.78, 5) is 0. The SMILES string of the molecule is Cc1cc(O)ccc1-c1ccc(C#N)cc1.Cc1cc(O)ccc1-c1ccc(C#N)cc1. The molecule has 0 spiro atoms. The highest BCUT2D eigenvalue weighted by Gasteiger charge is 2.03. The van der Waals surface area contributed by atoms with E-state index >= 15 is 0 Å². The van der Waals surface area contributed by atoms with Gasteiger partial charge in [-0.15, -0.1) is 0 Å². The van der Waals surface area contributed by atoms with Crippen LogP contribution in [0.15, 0.2) is 84.9 Å². The van der Waals surface area contributed by atoms with Crippen LogP contribution in [0.2, 0.25) is 0 Å². The quantitative estimate of drug-likeness (QED) is 0.390. The van der Waals surface area contributed by atoms with Crippen LogP contribution in [0.25, 0.3) is 22.3 Å². The molecule has 4 nitrogen and oxygen atoms in total. The molecule has 2 N–H and O–H groups in total. The summed E-state index contributed by atoms with van der Waals surface area (Å²) in [6, 6.07) is 29.6. The molecule has 0 bridgehead atoms. The minimum Gasteiger partial charge on any atom is -0.508 e. The second-order valence-corrected chi connectivity index (χ2v) is 7.38. The fourth-order valence-corrected chi connectivity index (χ4v) is 3.39. The Labute approximate surface area is 187 Å². The van der Waals surface area contributed by atoms with Crippen molar-refractivity contribution in [3.05, 3.63) is 107 Å². The van der Waals surface area contributed by atoms with Crippen molar-refractivity contribution in [2.45, 2.75) is 13.8 Å². The number of nitrogens with zero attached hydrogens (tertiary/aromatic N) is 2. The maximum Gasteiger partial charge on any atom is 0.115 e. The number of phenols is 2. The minimum absolute atomic E-state index is 0.273. The van der Waals surface area contributed by atoms with E-state index in [1.54, 1.807) is 48.5 Å². The zero-order valence-corrected chi connectivity index (χ0v) is 17.9. The maximum atomic E-state index is 9.32. The van der Waals surface area contributed by atoms with Gasteiger partial charge in [0.1, 0.15) is 11.5 Å². The van der Waals surface area contributed by atoms with Gasteiger partial charge in [0, 0.05) is 0 Å². The van der Waals surface area contributed by atoms with Gasteiger partial charge in [0.2, 0.25) is 0 Å². The molecule has 4 aromatic rings. The second kappa shape index (κ2) is 9.98. The van der Waals surface area contributed by atoms with Crippen LogP contribution in [0, 0.1) is 36.5 Å². The Balaban J connectivity index is 0.000000181. The van der Waals surface area contributed by atoms with Gasteiger partial charge >= 0.3 is 0 Å². The number of phenolic OH excluding ortho intramolecular Hbond substituents is 2. The number of nitriles is 2. The van der Waals surface area contributed by atoms with E-state index in [1.165, 1.54) is 0 Å². The van der Waals surface area contributed by atoms with E-state index in [4.69, 9.17) is 10.5 Å². The molecular formula is C28H22N2O2. The summed E-state index contributed by atoms with van der Waals surface area (Å²) >= 11 is 0. The summed E-state index contributed by atoms with van der Waals surface area (Å²) in [7, 11) is 0. The Bertz CT molecular complexity index is 1200. The number of hydrogen-bond donors (Lipinski definition) is 2. The molecule has 0 aliphatic heterocycles. The molecule has 0 radical (unpaired) electrons. The number of hydrogen-bond acceptors (Lipinski definition) is 4. The van der Waals surface area contributed by atoms with Gasteiger partial charge in [0.15, 0.2) is 0 Å². The van der Waals surface area contributed by atoms with Gasteiger partial charge in [-0.3, -0.25) is 0 Å². The van der Waals surface area contributed by atoms with Gasteiger partial charge in [0.25, 0.3) is 0 Å². The van der Waals surface area contributed by atoms with Crippen LogP contribution in [0.4, 0.5) is 0 Å². The number of benzene rings is 4. The summed E-state index contributed by atoms with van der Waals surface area (Å²) < 4.78 is 0. The lowest BCUT2D eigenvalue weighted by molar-refractivity contribution is 0.474. The molecule has 0 unspecified atom stereocenters. The van der Waals surface area contributed by atoms with Gasteiger partial charge in [-0.1, -0.05) is 36.4 Å². The molecular weight excluding hydrogens is 396 g/mol. The first-order chi connectivity index (χ1) is 15.4. The van der Waals surface area contributed by atoms with Gasteiger partial charge in [-0.25, -0.2) is 0 Å². The third kappa shape index (κ3) is 5.33. The first-order valence-electron chi connectivity index (χ1n) is 10.0. The summed E-state index contributed by atoms with van der Waals surface area (Å²) in [5.41, 5.74) is 7.59. The first kappa shape index (κ1) is 22.2. The van der Waals surface area contributed by atoms with E-state index in [0.717, 1.165) is 33.4 Å². The average Bonchev–Trinajstić information content (AvgIpc) is 2.80. The van der Waals surface area contributed by atoms with Crippen molar-refractivity contribution in [1.29, 1.82) is 10.5 Å². The molecule has 0 saturated carbocycles. The van der Waals surface area contributed by atoms with E-state index in [1.807, 2.05) is 50.2 Å². The fraction of sp³-hybridized carbons (Fsp3) is 0.0714. The summed E-state index contributed by atoms with van der Waals surface area (Å²) in [6.45, 7) is 3.90. The van der Waals surface area contributed by atoms with E-state index < -0.39 is 0 Å². The van der Waals surface area contributed by atoms with E-state index in [2.05, 4.69) is 12.1 Å². The highest BCUT2D eigenvalue weighted by molar-refractivity contribution is 5.69. The number of aromatic hydroxyl groups is 2. The predicted octanol–water partition coefficient (Wildman–Crippen LogP) is 6.48. The van der Waals surface area contributed by atoms with Gasteiger partial charge in [-0.2, -0.15) is 10.5 Å². The predicted molar refractivity (Wildman–Crippen MR) is 126 cm³/mol. The van der Waals surface area contributed by atoms with Gasteiger partial charge < -0.3 is 10.2 Å². The van der Waals surface area contributed by atoms with Crippen LogP contribution in [-0.2, 0) is 0 Å². The van der Waals surface area contributed by atoms with Crippen molar-refractivity contribution < 1.29 is 10.2 Å². The van der Waals surface area contributed by atoms with Crippen molar-refractivity contribution in [2.75, 3.05) is 0 Å². The minimum atomic E-state index is 0.273. The molecule has 0 aliphatic rings. The van der Waals surface area contributed by atoms with Crippen LogP contribution < -0.4 is 0 Å². The molecule has 0 fully saturated rings. The molecule has 4 aromatic carbocycles. The Morgan fingerprint density at radius 1 is 0.531 bits per heavy atom. The van der Waals surface area contributed by atoms with Crippen LogP contribution in [0.3, 0.4) is 0 Å². The summed E-state index contributed by atoms with van der Waals surface area (Å²) in [5, 5.41) is 36.1. The zero-order chi connectivity index (χ0) is 23.1. The third-order valence-electron chi connectivity index (χ3n) is 5.07. The smallest absolute Gasteiger partial charge is 0.115 e. The van der Waals surface area contributed by atoms with Gasteiger partial charge in [-0.05, 0) is 95.8 Å². The first-order valence-corrected chi connectivity index (χ1v) is 10.0. The van der Waals surface area contributed by atoms with Crippen LogP contribution >= 0.6 is 0 Å². The highest BCUT2D eigenvalue weighted by Crippen LogP contribution is 2.27. The Kier molecular flexibility index (Phi) is 6.91. The normalized spacial score (nSPS) is 9.75. The largest absolute Gasteiger partial charge is 0.508 e. The molecule has 0 amide bonds. The Hall–Kier alpha value is -4.54. The molecule has 0 atom stereocenters. The molecule has 32 heavy (non-hydrogen) atoms. The number of aryl methyl sites for hydroxylation is 2. The second-order valence-electron chi connectivity index (χ2n) is 7.38. The van der Waals surface area contributed by atoms with Crippen molar-refractivity contribution in [1.82, 2.24) is 0 Å². The van der Waals surface area contributed by atoms with Crippen LogP contribution in [-0.4, -0.2) is 10.2 Å². The standard InChI is InChI=1S/2C14H11NO/c2*1-10-8-13(16)6-7-14(10)12-4-2-11(9-15)3-5-12/h2*2-8,16H,1H3. The lowest BCUT2D eigenvalue weighted by Gasteiger charge is -2.06. The van der Waals surface area contributed by atoms with Crippen molar-refractivity contribution >= 4 is 0 Å². The molecule has 0 saturated heterocycles. The molecule has 0 aromatic heterocycles. The summed E-state index contributed by atoms with van der Waals surface area (Å²) in [5.74, 6) is 0.546. The Morgan fingerprint density at radius 3 is 1.16 bits per heavy atom. The topological polar surface area (TPSA) is 88.0 Å². The highest BCUT2D eigenvalue weighted by atomic mass is 16.3. The molecule has 4 heteroatoms. The Morgan fingerprint density at radius 2 is 0.875 bits per heavy atom. The average molecular weight is 418 g/mol. The molecule has 4 rings (SSSR count). The zero-order valence-electron chi connectivity index (χ0n) is 17.9. The number of rotatable bonds is 2. The van der Waals surface area contributed by atoms with Crippen LogP contribution in [0.1, 0.15) is 22.3 Å². The third-order valence-corrected chi connectivity index (χ3v) is 5.07. The van der Waals surface area contributed by atoms with E-state index in [0.29, 0.717) is 11.1 Å². The van der Waals surface area contributed by atoms with E-state index in [9.17, 15) is 10.2 Å². The van der Waals surface area contributed by atoms with E-state index in [-0.39, 0.29) is 11.5 Å². The van der Waals surface area contributed by atoms with Crippen molar-refractivity contribution in [3.8, 4) is 45.9 Å². The molecule has 156 valence electrons. The lowest BCUT2D eigenvalue weighted by atomic mass is 9.99. The lowest BCUT2D eigenvalue weighted by Crippen LogP contribution is -1.83. The molecule has 0 aliphatic carbocycles. The van der Waals surface area contributed by atoms with Crippen molar-refractivity contribution in [3.63, 3.8) is 0 Å². The van der Waals surface area contributed by atoms with Crippen molar-refractivity contribution in [2.24, 2.45) is 0 Å². The maximum absolute atomic E-state index is 9.32.